The number of nitrogens with zero attached hydrogens (tertiary/aromatic N) is 2. The highest BCUT2D eigenvalue weighted by atomic mass is 32.2. The van der Waals surface area contributed by atoms with Gasteiger partial charge in [-0.1, -0.05) is 24.3 Å². The van der Waals surface area contributed by atoms with Gasteiger partial charge in [0.05, 0.1) is 18.5 Å². The molecule has 0 aliphatic heterocycles. The number of rotatable bonds is 6. The molecule has 0 atom stereocenters. The third-order valence-corrected chi connectivity index (χ3v) is 6.67. The maximum Gasteiger partial charge on any atom is 0.265 e. The fraction of sp³-hybridized carbons (Fsp3) is 0.0909. The van der Waals surface area contributed by atoms with Gasteiger partial charge in [-0.2, -0.15) is 0 Å². The topological polar surface area (TPSA) is 81.2 Å². The van der Waals surface area contributed by atoms with E-state index >= 15 is 0 Å². The van der Waals surface area contributed by atoms with Crippen LogP contribution in [-0.4, -0.2) is 25.5 Å². The Labute approximate surface area is 179 Å². The van der Waals surface area contributed by atoms with Gasteiger partial charge >= 0.3 is 0 Å². The maximum absolute atomic E-state index is 13.0. The number of aromatic nitrogens is 2. The standard InChI is InChI=1S/C22H19N3O3S2/c1-15-9-10-20(28-2)21(12-15)30(26,27)25-17-7-5-6-16(13-17)19-14-29-22(24-19)18-8-3-4-11-23-18/h3-14,25H,1-2H3. The van der Waals surface area contributed by atoms with Crippen LogP contribution in [0.1, 0.15) is 5.56 Å². The molecule has 2 aromatic carbocycles. The van der Waals surface area contributed by atoms with E-state index in [9.17, 15) is 8.42 Å². The van der Waals surface area contributed by atoms with Crippen molar-refractivity contribution >= 4 is 27.0 Å². The maximum atomic E-state index is 13.0. The average Bonchev–Trinajstić information content (AvgIpc) is 3.25. The summed E-state index contributed by atoms with van der Waals surface area (Å²) in [6, 6.07) is 17.9. The van der Waals surface area contributed by atoms with Crippen LogP contribution in [0.5, 0.6) is 5.75 Å². The molecule has 2 aromatic heterocycles. The first-order valence-corrected chi connectivity index (χ1v) is 11.5. The van der Waals surface area contributed by atoms with Crippen molar-refractivity contribution in [2.75, 3.05) is 11.8 Å². The number of benzene rings is 2. The summed E-state index contributed by atoms with van der Waals surface area (Å²) in [6.07, 6.45) is 1.73. The Bertz CT molecular complexity index is 1290. The Morgan fingerprint density at radius 1 is 1.00 bits per heavy atom. The first-order chi connectivity index (χ1) is 14.5. The molecule has 0 aliphatic carbocycles. The van der Waals surface area contributed by atoms with Crippen molar-refractivity contribution in [3.63, 3.8) is 0 Å². The zero-order valence-corrected chi connectivity index (χ0v) is 18.0. The summed E-state index contributed by atoms with van der Waals surface area (Å²) in [4.78, 5) is 9.07. The lowest BCUT2D eigenvalue weighted by atomic mass is 10.1. The van der Waals surface area contributed by atoms with Crippen molar-refractivity contribution in [2.24, 2.45) is 0 Å². The molecule has 0 bridgehead atoms. The molecule has 8 heteroatoms. The number of sulfonamides is 1. The summed E-state index contributed by atoms with van der Waals surface area (Å²) in [5.74, 6) is 0.295. The molecule has 30 heavy (non-hydrogen) atoms. The van der Waals surface area contributed by atoms with Gasteiger partial charge in [0.1, 0.15) is 15.7 Å². The van der Waals surface area contributed by atoms with Gasteiger partial charge in [-0.3, -0.25) is 9.71 Å². The van der Waals surface area contributed by atoms with E-state index in [0.717, 1.165) is 27.5 Å². The van der Waals surface area contributed by atoms with Gasteiger partial charge in [-0.25, -0.2) is 13.4 Å². The largest absolute Gasteiger partial charge is 0.495 e. The molecular formula is C22H19N3O3S2. The van der Waals surface area contributed by atoms with E-state index in [1.165, 1.54) is 18.4 Å². The Kier molecular flexibility index (Phi) is 5.52. The second kappa shape index (κ2) is 8.25. The average molecular weight is 438 g/mol. The minimum atomic E-state index is -3.82. The monoisotopic (exact) mass is 437 g/mol. The lowest BCUT2D eigenvalue weighted by Crippen LogP contribution is -2.14. The van der Waals surface area contributed by atoms with Crippen LogP contribution in [0.25, 0.3) is 22.0 Å². The van der Waals surface area contributed by atoms with Gasteiger partial charge in [-0.05, 0) is 48.9 Å². The minimum absolute atomic E-state index is 0.0986. The summed E-state index contributed by atoms with van der Waals surface area (Å²) in [7, 11) is -2.37. The van der Waals surface area contributed by atoms with E-state index in [1.807, 2.05) is 36.6 Å². The lowest BCUT2D eigenvalue weighted by molar-refractivity contribution is 0.402. The molecule has 0 saturated heterocycles. The van der Waals surface area contributed by atoms with Gasteiger partial charge in [0.25, 0.3) is 10.0 Å². The molecule has 0 fully saturated rings. The number of nitrogens with one attached hydrogen (secondary N) is 1. The van der Waals surface area contributed by atoms with Gasteiger partial charge in [-0.15, -0.1) is 11.3 Å². The molecule has 4 rings (SSSR count). The quantitative estimate of drug-likeness (QED) is 0.460. The van der Waals surface area contributed by atoms with Crippen LogP contribution in [0.15, 0.2) is 77.1 Å². The second-order valence-corrected chi connectivity index (χ2v) is 9.10. The smallest absolute Gasteiger partial charge is 0.265 e. The van der Waals surface area contributed by atoms with Gasteiger partial charge < -0.3 is 4.74 Å². The van der Waals surface area contributed by atoms with Crippen LogP contribution < -0.4 is 9.46 Å². The van der Waals surface area contributed by atoms with E-state index in [1.54, 1.807) is 42.6 Å². The first-order valence-electron chi connectivity index (χ1n) is 9.11. The number of hydrogen-bond acceptors (Lipinski definition) is 6. The van der Waals surface area contributed by atoms with Crippen molar-refractivity contribution in [1.82, 2.24) is 9.97 Å². The number of anilines is 1. The molecule has 0 radical (unpaired) electrons. The molecule has 0 aliphatic rings. The van der Waals surface area contributed by atoms with E-state index in [-0.39, 0.29) is 4.90 Å². The number of pyridine rings is 1. The fourth-order valence-electron chi connectivity index (χ4n) is 2.96. The van der Waals surface area contributed by atoms with Gasteiger partial charge in [0, 0.05) is 22.8 Å². The first kappa shape index (κ1) is 20.1. The molecular weight excluding hydrogens is 418 g/mol. The predicted octanol–water partition coefficient (Wildman–Crippen LogP) is 4.99. The SMILES string of the molecule is COc1ccc(C)cc1S(=O)(=O)Nc1cccc(-c2csc(-c3ccccn3)n2)c1. The number of thiazole rings is 1. The minimum Gasteiger partial charge on any atom is -0.495 e. The Hall–Kier alpha value is -3.23. The van der Waals surface area contributed by atoms with Crippen molar-refractivity contribution in [2.45, 2.75) is 11.8 Å². The molecule has 4 aromatic rings. The van der Waals surface area contributed by atoms with Crippen LogP contribution in [-0.2, 0) is 10.0 Å². The van der Waals surface area contributed by atoms with Crippen LogP contribution in [0.4, 0.5) is 5.69 Å². The Morgan fingerprint density at radius 2 is 1.87 bits per heavy atom. The van der Waals surface area contributed by atoms with Crippen LogP contribution in [0.3, 0.4) is 0 Å². The third kappa shape index (κ3) is 4.19. The van der Waals surface area contributed by atoms with Gasteiger partial charge in [0.15, 0.2) is 0 Å². The number of aryl methyl sites for hydroxylation is 1. The zero-order chi connectivity index (χ0) is 21.1. The van der Waals surface area contributed by atoms with E-state index < -0.39 is 10.0 Å². The predicted molar refractivity (Wildman–Crippen MR) is 119 cm³/mol. The second-order valence-electron chi connectivity index (χ2n) is 6.59. The zero-order valence-electron chi connectivity index (χ0n) is 16.4. The summed E-state index contributed by atoms with van der Waals surface area (Å²) in [5, 5.41) is 2.74. The Morgan fingerprint density at radius 3 is 2.63 bits per heavy atom. The highest BCUT2D eigenvalue weighted by Gasteiger charge is 2.20. The number of hydrogen-bond donors (Lipinski definition) is 1. The van der Waals surface area contributed by atoms with Gasteiger partial charge in [0.2, 0.25) is 0 Å². The number of ether oxygens (including phenoxy) is 1. The summed E-state index contributed by atoms with van der Waals surface area (Å²) in [6.45, 7) is 1.83. The van der Waals surface area contributed by atoms with Crippen LogP contribution >= 0.6 is 11.3 Å². The molecule has 6 nitrogen and oxygen atoms in total. The molecule has 0 saturated carbocycles. The van der Waals surface area contributed by atoms with Crippen molar-refractivity contribution in [1.29, 1.82) is 0 Å². The molecule has 152 valence electrons. The Balaban J connectivity index is 1.63. The molecule has 0 amide bonds. The molecule has 0 unspecified atom stereocenters. The normalized spacial score (nSPS) is 11.3. The van der Waals surface area contributed by atoms with E-state index in [2.05, 4.69) is 14.7 Å². The van der Waals surface area contributed by atoms with Crippen molar-refractivity contribution < 1.29 is 13.2 Å². The lowest BCUT2D eigenvalue weighted by Gasteiger charge is -2.13. The molecule has 2 heterocycles. The highest BCUT2D eigenvalue weighted by Crippen LogP contribution is 2.31. The molecule has 0 spiro atoms. The van der Waals surface area contributed by atoms with Crippen molar-refractivity contribution in [3.05, 3.63) is 77.8 Å². The highest BCUT2D eigenvalue weighted by molar-refractivity contribution is 7.92. The molecule has 1 N–H and O–H groups in total. The third-order valence-electron chi connectivity index (χ3n) is 4.41. The van der Waals surface area contributed by atoms with E-state index in [4.69, 9.17) is 4.74 Å². The summed E-state index contributed by atoms with van der Waals surface area (Å²) < 4.78 is 33.8. The summed E-state index contributed by atoms with van der Waals surface area (Å²) >= 11 is 1.49. The fourth-order valence-corrected chi connectivity index (χ4v) is 5.07. The van der Waals surface area contributed by atoms with Crippen LogP contribution in [0.2, 0.25) is 0 Å². The van der Waals surface area contributed by atoms with Crippen molar-refractivity contribution in [3.8, 4) is 27.7 Å². The van der Waals surface area contributed by atoms with Crippen LogP contribution in [0, 0.1) is 6.92 Å². The summed E-state index contributed by atoms with van der Waals surface area (Å²) in [5.41, 5.74) is 3.65. The van der Waals surface area contributed by atoms with E-state index in [0.29, 0.717) is 11.4 Å². The number of methoxy groups -OCH3 is 1.